The van der Waals surface area contributed by atoms with Crippen molar-refractivity contribution in [3.63, 3.8) is 0 Å². The predicted molar refractivity (Wildman–Crippen MR) is 147 cm³/mol. The highest BCUT2D eigenvalue weighted by atomic mass is 35.5. The van der Waals surface area contributed by atoms with E-state index in [0.717, 1.165) is 31.9 Å². The van der Waals surface area contributed by atoms with Crippen molar-refractivity contribution >= 4 is 40.5 Å². The van der Waals surface area contributed by atoms with Crippen LogP contribution in [0.3, 0.4) is 0 Å². The molecule has 41 heavy (non-hydrogen) atoms. The normalized spacial score (nSPS) is 20.2. The van der Waals surface area contributed by atoms with Gasteiger partial charge < -0.3 is 25.2 Å². The fraction of sp³-hybridized carbons (Fsp3) is 0.481. The number of nitrogens with zero attached hydrogens (tertiary/aromatic N) is 6. The second kappa shape index (κ2) is 11.1. The lowest BCUT2D eigenvalue weighted by molar-refractivity contribution is -0.137. The van der Waals surface area contributed by atoms with Crippen LogP contribution in [0.5, 0.6) is 6.01 Å². The number of ether oxygens (including phenoxy) is 1. The number of anilines is 2. The number of hydrogen-bond acceptors (Lipinski definition) is 8. The molecule has 0 spiro atoms. The molecule has 9 nitrogen and oxygen atoms in total. The van der Waals surface area contributed by atoms with Crippen molar-refractivity contribution in [2.24, 2.45) is 0 Å². The number of piperazine rings is 1. The molecule has 1 aromatic carbocycles. The predicted octanol–water partition coefficient (Wildman–Crippen LogP) is 4.53. The number of carbonyl (C=O) groups is 1. The van der Waals surface area contributed by atoms with E-state index in [-0.39, 0.29) is 52.0 Å². The Kier molecular flexibility index (Phi) is 7.86. The number of rotatable bonds is 6. The van der Waals surface area contributed by atoms with E-state index in [2.05, 4.69) is 19.9 Å². The summed E-state index contributed by atoms with van der Waals surface area (Å²) in [5, 5.41) is -0.106. The van der Waals surface area contributed by atoms with Gasteiger partial charge >= 0.3 is 12.2 Å². The van der Waals surface area contributed by atoms with E-state index >= 15 is 4.39 Å². The zero-order valence-corrected chi connectivity index (χ0v) is 23.6. The molecule has 0 bridgehead atoms. The van der Waals surface area contributed by atoms with Gasteiger partial charge in [-0.2, -0.15) is 23.1 Å². The number of nitrogens with two attached hydrogens (primary N) is 1. The van der Waals surface area contributed by atoms with E-state index in [4.69, 9.17) is 22.1 Å². The Morgan fingerprint density at radius 1 is 1.20 bits per heavy atom. The van der Waals surface area contributed by atoms with Crippen molar-refractivity contribution in [1.29, 1.82) is 0 Å². The third kappa shape index (κ3) is 5.56. The number of nitrogen functional groups attached to an aromatic ring is 1. The lowest BCUT2D eigenvalue weighted by atomic mass is 9.99. The third-order valence-electron chi connectivity index (χ3n) is 7.76. The molecule has 0 aliphatic carbocycles. The number of hydrogen-bond donors (Lipinski definition) is 1. The van der Waals surface area contributed by atoms with Crippen LogP contribution in [0.4, 0.5) is 29.2 Å². The number of likely N-dealkylation sites (tertiary alicyclic amines) is 1. The van der Waals surface area contributed by atoms with E-state index < -0.39 is 28.8 Å². The number of likely N-dealkylation sites (N-methyl/N-ethyl adjacent to an activating group) is 1. The van der Waals surface area contributed by atoms with Crippen molar-refractivity contribution in [2.75, 3.05) is 50.5 Å². The molecule has 2 aliphatic rings. The highest BCUT2D eigenvalue weighted by Crippen LogP contribution is 2.44. The van der Waals surface area contributed by atoms with Gasteiger partial charge in [0.05, 0.1) is 21.8 Å². The highest BCUT2D eigenvalue weighted by molar-refractivity contribution is 6.34. The number of halogens is 5. The van der Waals surface area contributed by atoms with Crippen LogP contribution in [-0.2, 0) is 11.0 Å². The fourth-order valence-corrected chi connectivity index (χ4v) is 5.94. The van der Waals surface area contributed by atoms with Crippen LogP contribution < -0.4 is 15.4 Å². The van der Waals surface area contributed by atoms with Gasteiger partial charge in [-0.05, 0) is 58.0 Å². The van der Waals surface area contributed by atoms with Gasteiger partial charge in [0, 0.05) is 37.1 Å². The largest absolute Gasteiger partial charge is 0.462 e. The molecule has 2 N–H and O–H groups in total. The minimum absolute atomic E-state index is 0.113. The Balaban J connectivity index is 1.70. The zero-order valence-electron chi connectivity index (χ0n) is 22.8. The van der Waals surface area contributed by atoms with Crippen LogP contribution >= 0.6 is 11.6 Å². The van der Waals surface area contributed by atoms with Crippen LogP contribution in [0, 0.1) is 12.7 Å². The first-order valence-electron chi connectivity index (χ1n) is 13.2. The van der Waals surface area contributed by atoms with Crippen molar-refractivity contribution in [2.45, 2.75) is 44.9 Å². The van der Waals surface area contributed by atoms with Crippen LogP contribution in [0.2, 0.25) is 5.02 Å². The van der Waals surface area contributed by atoms with Crippen LogP contribution in [-0.4, -0.2) is 83.1 Å². The monoisotopic (exact) mass is 595 g/mol. The molecule has 220 valence electrons. The van der Waals surface area contributed by atoms with E-state index in [9.17, 15) is 18.0 Å². The number of amides is 1. The van der Waals surface area contributed by atoms with E-state index in [1.807, 2.05) is 18.9 Å². The van der Waals surface area contributed by atoms with Gasteiger partial charge in [-0.15, -0.1) is 0 Å². The third-order valence-corrected chi connectivity index (χ3v) is 8.05. The summed E-state index contributed by atoms with van der Waals surface area (Å²) in [6.45, 7) is 5.47. The molecule has 2 atom stereocenters. The van der Waals surface area contributed by atoms with Gasteiger partial charge in [0.2, 0.25) is 6.41 Å². The first-order chi connectivity index (χ1) is 19.4. The Morgan fingerprint density at radius 3 is 2.59 bits per heavy atom. The fourth-order valence-electron chi connectivity index (χ4n) is 5.65. The standard InChI is InChI=1S/C27H30ClF4N7O2/c1-14-9-19(33)34-24(21(14)27(30,31)32)20-18(28)10-17-23(22(20)29)35-26(41-12-16-5-4-6-37(16)3)36-25(17)39-8-7-38(13-40)11-15(39)2/h9-10,13,15-16H,4-8,11-12H2,1-3H3,(H2,33,34). The molecular weight excluding hydrogens is 566 g/mol. The SMILES string of the molecule is Cc1cc(N)nc(-c2c(Cl)cc3c(N4CCN(C=O)CC4C)nc(OCC4CCCN4C)nc3c2F)c1C(F)(F)F. The van der Waals surface area contributed by atoms with Crippen LogP contribution in [0.1, 0.15) is 30.9 Å². The summed E-state index contributed by atoms with van der Waals surface area (Å²) in [6.07, 6.45) is -2.16. The second-order valence-corrected chi connectivity index (χ2v) is 11.0. The average Bonchev–Trinajstić information content (AvgIpc) is 3.30. The van der Waals surface area contributed by atoms with Crippen molar-refractivity contribution in [3.05, 3.63) is 34.1 Å². The number of benzene rings is 1. The van der Waals surface area contributed by atoms with Crippen LogP contribution in [0.25, 0.3) is 22.2 Å². The molecule has 14 heteroatoms. The molecule has 2 aromatic heterocycles. The smallest absolute Gasteiger partial charge is 0.418 e. The first-order valence-corrected chi connectivity index (χ1v) is 13.6. The second-order valence-electron chi connectivity index (χ2n) is 10.6. The number of aromatic nitrogens is 3. The molecular formula is C27H30ClF4N7O2. The number of aryl methyl sites for hydroxylation is 1. The number of alkyl halides is 3. The average molecular weight is 596 g/mol. The van der Waals surface area contributed by atoms with Crippen LogP contribution in [0.15, 0.2) is 12.1 Å². The Labute approximate surface area is 239 Å². The molecule has 2 saturated heterocycles. The zero-order chi connectivity index (χ0) is 29.6. The lowest BCUT2D eigenvalue weighted by Crippen LogP contribution is -2.51. The number of pyridine rings is 1. The van der Waals surface area contributed by atoms with Crippen molar-refractivity contribution in [3.8, 4) is 17.3 Å². The van der Waals surface area contributed by atoms with E-state index in [1.54, 1.807) is 4.90 Å². The first kappa shape index (κ1) is 29.1. The Morgan fingerprint density at radius 2 is 1.95 bits per heavy atom. The van der Waals surface area contributed by atoms with E-state index in [1.165, 1.54) is 13.0 Å². The molecule has 2 unspecified atom stereocenters. The summed E-state index contributed by atoms with van der Waals surface area (Å²) < 4.78 is 64.8. The van der Waals surface area contributed by atoms with Gasteiger partial charge in [-0.25, -0.2) is 9.37 Å². The topological polar surface area (TPSA) is 101 Å². The summed E-state index contributed by atoms with van der Waals surface area (Å²) in [5.41, 5.74) is 2.89. The summed E-state index contributed by atoms with van der Waals surface area (Å²) in [7, 11) is 1.98. The summed E-state index contributed by atoms with van der Waals surface area (Å²) >= 11 is 6.51. The molecule has 2 aliphatic heterocycles. The molecule has 1 amide bonds. The maximum atomic E-state index is 16.4. The number of fused-ring (bicyclic) bond motifs is 1. The maximum Gasteiger partial charge on any atom is 0.418 e. The van der Waals surface area contributed by atoms with Gasteiger partial charge in [0.15, 0.2) is 5.82 Å². The number of carbonyl (C=O) groups excluding carboxylic acids is 1. The molecule has 2 fully saturated rings. The highest BCUT2D eigenvalue weighted by Gasteiger charge is 2.39. The Hall–Kier alpha value is -3.45. The summed E-state index contributed by atoms with van der Waals surface area (Å²) in [4.78, 5) is 29.8. The van der Waals surface area contributed by atoms with E-state index in [0.29, 0.717) is 25.5 Å². The molecule has 5 rings (SSSR count). The molecule has 0 radical (unpaired) electrons. The lowest BCUT2D eigenvalue weighted by Gasteiger charge is -2.39. The molecule has 0 saturated carbocycles. The van der Waals surface area contributed by atoms with Gasteiger partial charge in [-0.1, -0.05) is 11.6 Å². The van der Waals surface area contributed by atoms with Gasteiger partial charge in [0.25, 0.3) is 0 Å². The van der Waals surface area contributed by atoms with Gasteiger partial charge in [-0.3, -0.25) is 4.79 Å². The summed E-state index contributed by atoms with van der Waals surface area (Å²) in [5.74, 6) is -1.000. The van der Waals surface area contributed by atoms with Crippen molar-refractivity contribution in [1.82, 2.24) is 24.8 Å². The quantitative estimate of drug-likeness (QED) is 0.328. The van der Waals surface area contributed by atoms with Gasteiger partial charge in [0.1, 0.15) is 23.8 Å². The minimum atomic E-state index is -4.85. The molecule has 4 heterocycles. The molecule has 3 aromatic rings. The minimum Gasteiger partial charge on any atom is -0.462 e. The Bertz CT molecular complexity index is 1490. The summed E-state index contributed by atoms with van der Waals surface area (Å²) in [6, 6.07) is 2.21. The maximum absolute atomic E-state index is 16.4. The van der Waals surface area contributed by atoms with Crippen molar-refractivity contribution < 1.29 is 27.1 Å².